The zero-order valence-electron chi connectivity index (χ0n) is 12.2. The van der Waals surface area contributed by atoms with Gasteiger partial charge >= 0.3 is 0 Å². The van der Waals surface area contributed by atoms with Gasteiger partial charge in [0.05, 0.1) is 6.04 Å². The molecule has 5 heteroatoms. The second kappa shape index (κ2) is 5.09. The SMILES string of the molecule is Cc1cc(=O)[nH]c(N[C@H](C)c2oc3ccccc3c2C)n1. The number of nitrogens with one attached hydrogen (secondary N) is 2. The van der Waals surface area contributed by atoms with Crippen molar-refractivity contribution in [3.8, 4) is 0 Å². The Kier molecular flexibility index (Phi) is 3.25. The summed E-state index contributed by atoms with van der Waals surface area (Å²) in [5.74, 6) is 1.30. The van der Waals surface area contributed by atoms with Gasteiger partial charge in [-0.15, -0.1) is 0 Å². The number of anilines is 1. The second-order valence-electron chi connectivity index (χ2n) is 5.19. The molecule has 0 amide bonds. The van der Waals surface area contributed by atoms with Gasteiger partial charge in [-0.1, -0.05) is 18.2 Å². The fourth-order valence-electron chi connectivity index (χ4n) is 2.52. The Morgan fingerprint density at radius 1 is 1.29 bits per heavy atom. The van der Waals surface area contributed by atoms with Crippen molar-refractivity contribution in [1.29, 1.82) is 0 Å². The first kappa shape index (κ1) is 13.4. The first-order valence-corrected chi connectivity index (χ1v) is 6.87. The molecule has 0 radical (unpaired) electrons. The van der Waals surface area contributed by atoms with Crippen LogP contribution in [0, 0.1) is 13.8 Å². The largest absolute Gasteiger partial charge is 0.459 e. The predicted molar refractivity (Wildman–Crippen MR) is 82.6 cm³/mol. The van der Waals surface area contributed by atoms with Gasteiger partial charge < -0.3 is 9.73 Å². The lowest BCUT2D eigenvalue weighted by Crippen LogP contribution is -2.15. The van der Waals surface area contributed by atoms with Crippen molar-refractivity contribution in [3.05, 3.63) is 57.7 Å². The summed E-state index contributed by atoms with van der Waals surface area (Å²) in [6.07, 6.45) is 0. The molecule has 0 saturated heterocycles. The van der Waals surface area contributed by atoms with E-state index < -0.39 is 0 Å². The molecule has 0 fully saturated rings. The van der Waals surface area contributed by atoms with Crippen molar-refractivity contribution in [1.82, 2.24) is 9.97 Å². The number of hydrogen-bond acceptors (Lipinski definition) is 4. The van der Waals surface area contributed by atoms with Gasteiger partial charge in [0.1, 0.15) is 11.3 Å². The van der Waals surface area contributed by atoms with Gasteiger partial charge in [-0.05, 0) is 26.8 Å². The van der Waals surface area contributed by atoms with Gasteiger partial charge in [0.2, 0.25) is 5.95 Å². The standard InChI is InChI=1S/C16H17N3O2/c1-9-8-14(20)19-16(17-9)18-11(3)15-10(2)12-6-4-5-7-13(12)21-15/h4-8,11H,1-3H3,(H2,17,18,19,20)/t11-/m1/s1. The van der Waals surface area contributed by atoms with E-state index in [0.717, 1.165) is 22.3 Å². The molecule has 2 aromatic heterocycles. The van der Waals surface area contributed by atoms with Crippen molar-refractivity contribution in [3.63, 3.8) is 0 Å². The van der Waals surface area contributed by atoms with Crippen LogP contribution in [-0.4, -0.2) is 9.97 Å². The lowest BCUT2D eigenvalue weighted by atomic mass is 10.1. The number of furan rings is 1. The number of nitrogens with zero attached hydrogens (tertiary/aromatic N) is 1. The van der Waals surface area contributed by atoms with Crippen molar-refractivity contribution in [2.24, 2.45) is 0 Å². The van der Waals surface area contributed by atoms with E-state index in [2.05, 4.69) is 15.3 Å². The molecule has 0 aliphatic heterocycles. The molecular weight excluding hydrogens is 266 g/mol. The van der Waals surface area contributed by atoms with Crippen LogP contribution < -0.4 is 10.9 Å². The fourth-order valence-corrected chi connectivity index (χ4v) is 2.52. The average molecular weight is 283 g/mol. The predicted octanol–water partition coefficient (Wildman–Crippen LogP) is 3.31. The van der Waals surface area contributed by atoms with Gasteiger partial charge in [0.15, 0.2) is 0 Å². The molecule has 1 aromatic carbocycles. The highest BCUT2D eigenvalue weighted by Gasteiger charge is 2.17. The van der Waals surface area contributed by atoms with Crippen LogP contribution >= 0.6 is 0 Å². The molecule has 2 heterocycles. The number of hydrogen-bond donors (Lipinski definition) is 2. The Hall–Kier alpha value is -2.56. The van der Waals surface area contributed by atoms with E-state index in [0.29, 0.717) is 11.6 Å². The lowest BCUT2D eigenvalue weighted by Gasteiger charge is -2.13. The minimum absolute atomic E-state index is 0.0950. The number of para-hydroxylation sites is 1. The third-order valence-corrected chi connectivity index (χ3v) is 3.50. The first-order valence-electron chi connectivity index (χ1n) is 6.87. The van der Waals surface area contributed by atoms with Crippen LogP contribution in [0.5, 0.6) is 0 Å². The molecule has 0 spiro atoms. The molecule has 0 unspecified atom stereocenters. The third-order valence-electron chi connectivity index (χ3n) is 3.50. The van der Waals surface area contributed by atoms with E-state index in [1.807, 2.05) is 38.1 Å². The van der Waals surface area contributed by atoms with Gasteiger partial charge in [0, 0.05) is 22.7 Å². The second-order valence-corrected chi connectivity index (χ2v) is 5.19. The zero-order chi connectivity index (χ0) is 15.0. The minimum atomic E-state index is -0.168. The van der Waals surface area contributed by atoms with Crippen molar-refractivity contribution in [2.45, 2.75) is 26.8 Å². The molecule has 0 aliphatic rings. The molecule has 3 aromatic rings. The Balaban J connectivity index is 1.95. The van der Waals surface area contributed by atoms with Crippen LogP contribution in [0.3, 0.4) is 0 Å². The van der Waals surface area contributed by atoms with Gasteiger partial charge in [-0.25, -0.2) is 4.98 Å². The number of benzene rings is 1. The van der Waals surface area contributed by atoms with E-state index in [-0.39, 0.29) is 11.6 Å². The van der Waals surface area contributed by atoms with E-state index in [1.54, 1.807) is 6.92 Å². The van der Waals surface area contributed by atoms with E-state index >= 15 is 0 Å². The maximum atomic E-state index is 11.5. The molecule has 2 N–H and O–H groups in total. The number of aryl methyl sites for hydroxylation is 2. The maximum absolute atomic E-state index is 11.5. The molecule has 0 bridgehead atoms. The molecule has 0 saturated carbocycles. The minimum Gasteiger partial charge on any atom is -0.459 e. The molecular formula is C16H17N3O2. The van der Waals surface area contributed by atoms with Crippen LogP contribution in [0.2, 0.25) is 0 Å². The topological polar surface area (TPSA) is 70.9 Å². The number of rotatable bonds is 3. The van der Waals surface area contributed by atoms with Crippen LogP contribution in [0.4, 0.5) is 5.95 Å². The molecule has 21 heavy (non-hydrogen) atoms. The summed E-state index contributed by atoms with van der Waals surface area (Å²) in [5.41, 5.74) is 2.47. The highest BCUT2D eigenvalue weighted by molar-refractivity contribution is 5.82. The highest BCUT2D eigenvalue weighted by Crippen LogP contribution is 2.30. The lowest BCUT2D eigenvalue weighted by molar-refractivity contribution is 0.521. The summed E-state index contributed by atoms with van der Waals surface area (Å²) in [4.78, 5) is 18.4. The normalized spacial score (nSPS) is 12.5. The summed E-state index contributed by atoms with van der Waals surface area (Å²) in [7, 11) is 0. The summed E-state index contributed by atoms with van der Waals surface area (Å²) in [6, 6.07) is 9.30. The van der Waals surface area contributed by atoms with Crippen LogP contribution in [-0.2, 0) is 0 Å². The molecule has 3 rings (SSSR count). The van der Waals surface area contributed by atoms with Crippen molar-refractivity contribution >= 4 is 16.9 Å². The fraction of sp³-hybridized carbons (Fsp3) is 0.250. The Morgan fingerprint density at radius 3 is 2.76 bits per heavy atom. The zero-order valence-corrected chi connectivity index (χ0v) is 12.2. The summed E-state index contributed by atoms with van der Waals surface area (Å²) in [6.45, 7) is 5.80. The first-order chi connectivity index (χ1) is 10.0. The van der Waals surface area contributed by atoms with Crippen LogP contribution in [0.15, 0.2) is 39.5 Å². The maximum Gasteiger partial charge on any atom is 0.252 e. The van der Waals surface area contributed by atoms with Gasteiger partial charge in [-0.2, -0.15) is 0 Å². The quantitative estimate of drug-likeness (QED) is 0.773. The monoisotopic (exact) mass is 283 g/mol. The summed E-state index contributed by atoms with van der Waals surface area (Å²) < 4.78 is 5.91. The Bertz CT molecular complexity index is 848. The smallest absolute Gasteiger partial charge is 0.252 e. The number of H-pyrrole nitrogens is 1. The Labute approximate surface area is 122 Å². The molecule has 1 atom stereocenters. The van der Waals surface area contributed by atoms with E-state index in [4.69, 9.17) is 4.42 Å². The van der Waals surface area contributed by atoms with Gasteiger partial charge in [0.25, 0.3) is 5.56 Å². The van der Waals surface area contributed by atoms with Crippen molar-refractivity contribution < 1.29 is 4.42 Å². The number of aromatic nitrogens is 2. The van der Waals surface area contributed by atoms with E-state index in [9.17, 15) is 4.79 Å². The van der Waals surface area contributed by atoms with Gasteiger partial charge in [-0.3, -0.25) is 9.78 Å². The molecule has 0 aliphatic carbocycles. The van der Waals surface area contributed by atoms with E-state index in [1.165, 1.54) is 6.07 Å². The third kappa shape index (κ3) is 2.54. The van der Waals surface area contributed by atoms with Crippen LogP contribution in [0.25, 0.3) is 11.0 Å². The average Bonchev–Trinajstić information content (AvgIpc) is 2.76. The highest BCUT2D eigenvalue weighted by atomic mass is 16.3. The molecule has 108 valence electrons. The number of fused-ring (bicyclic) bond motifs is 1. The summed E-state index contributed by atoms with van der Waals surface area (Å²) >= 11 is 0. The molecule has 5 nitrogen and oxygen atoms in total. The number of aromatic amines is 1. The Morgan fingerprint density at radius 2 is 2.05 bits per heavy atom. The van der Waals surface area contributed by atoms with Crippen molar-refractivity contribution in [2.75, 3.05) is 5.32 Å². The summed E-state index contributed by atoms with van der Waals surface area (Å²) in [5, 5.41) is 4.28. The van der Waals surface area contributed by atoms with Crippen LogP contribution in [0.1, 0.15) is 30.0 Å².